The number of amides is 1. The molecule has 0 radical (unpaired) electrons. The van der Waals surface area contributed by atoms with Crippen LogP contribution in [0, 0.1) is 11.3 Å². The van der Waals surface area contributed by atoms with Crippen LogP contribution in [0.3, 0.4) is 0 Å². The van der Waals surface area contributed by atoms with Gasteiger partial charge < -0.3 is 15.2 Å². The number of benzene rings is 1. The summed E-state index contributed by atoms with van der Waals surface area (Å²) in [6.45, 7) is 5.08. The van der Waals surface area contributed by atoms with Gasteiger partial charge in [-0.25, -0.2) is 4.79 Å². The van der Waals surface area contributed by atoms with Crippen LogP contribution in [0.1, 0.15) is 42.6 Å². The molecule has 23 heavy (non-hydrogen) atoms. The Morgan fingerprint density at radius 1 is 1.39 bits per heavy atom. The van der Waals surface area contributed by atoms with E-state index in [4.69, 9.17) is 9.84 Å². The molecule has 5 nitrogen and oxygen atoms in total. The van der Waals surface area contributed by atoms with Gasteiger partial charge in [0.25, 0.3) is 0 Å². The molecule has 1 aliphatic heterocycles. The average Bonchev–Trinajstić information content (AvgIpc) is 2.53. The molecule has 1 saturated heterocycles. The highest BCUT2D eigenvalue weighted by atomic mass is 16.5. The van der Waals surface area contributed by atoms with Crippen molar-refractivity contribution in [3.8, 4) is 0 Å². The molecule has 1 aromatic rings. The van der Waals surface area contributed by atoms with E-state index in [0.717, 1.165) is 25.0 Å². The SMILES string of the molecule is CC1(C)C(NC(=O)Cc2cccc(C(=O)O)c2)C2CCCOC21. The van der Waals surface area contributed by atoms with E-state index in [-0.39, 0.29) is 35.5 Å². The Labute approximate surface area is 136 Å². The monoisotopic (exact) mass is 317 g/mol. The molecule has 1 heterocycles. The zero-order valence-corrected chi connectivity index (χ0v) is 13.5. The number of carboxylic acids is 1. The van der Waals surface area contributed by atoms with Gasteiger partial charge in [0.2, 0.25) is 5.91 Å². The maximum absolute atomic E-state index is 12.4. The minimum absolute atomic E-state index is 0.0519. The van der Waals surface area contributed by atoms with E-state index in [1.807, 2.05) is 0 Å². The smallest absolute Gasteiger partial charge is 0.335 e. The second kappa shape index (κ2) is 5.96. The lowest BCUT2D eigenvalue weighted by atomic mass is 9.55. The normalized spacial score (nSPS) is 28.3. The van der Waals surface area contributed by atoms with Crippen molar-refractivity contribution in [2.75, 3.05) is 6.61 Å². The summed E-state index contributed by atoms with van der Waals surface area (Å²) in [6, 6.07) is 6.67. The van der Waals surface area contributed by atoms with Crippen LogP contribution < -0.4 is 5.32 Å². The lowest BCUT2D eigenvalue weighted by molar-refractivity contribution is -0.193. The first-order valence-corrected chi connectivity index (χ1v) is 8.13. The van der Waals surface area contributed by atoms with E-state index in [0.29, 0.717) is 5.92 Å². The molecule has 0 spiro atoms. The Hall–Kier alpha value is -1.88. The Kier molecular flexibility index (Phi) is 4.15. The maximum Gasteiger partial charge on any atom is 0.335 e. The van der Waals surface area contributed by atoms with Crippen LogP contribution in [0.25, 0.3) is 0 Å². The van der Waals surface area contributed by atoms with Crippen LogP contribution in [-0.4, -0.2) is 35.7 Å². The first-order chi connectivity index (χ1) is 10.9. The molecule has 0 bridgehead atoms. The quantitative estimate of drug-likeness (QED) is 0.893. The summed E-state index contributed by atoms with van der Waals surface area (Å²) in [5.41, 5.74) is 0.875. The second-order valence-electron chi connectivity index (χ2n) is 7.15. The third-order valence-corrected chi connectivity index (χ3v) is 5.19. The van der Waals surface area contributed by atoms with Crippen molar-refractivity contribution in [3.05, 3.63) is 35.4 Å². The molecule has 1 amide bonds. The summed E-state index contributed by atoms with van der Waals surface area (Å²) in [7, 11) is 0. The molecule has 1 saturated carbocycles. The Bertz CT molecular complexity index is 625. The fraction of sp³-hybridized carbons (Fsp3) is 0.556. The van der Waals surface area contributed by atoms with Gasteiger partial charge in [-0.05, 0) is 30.5 Å². The molecule has 3 rings (SSSR count). The van der Waals surface area contributed by atoms with Gasteiger partial charge >= 0.3 is 5.97 Å². The number of ether oxygens (including phenoxy) is 1. The fourth-order valence-electron chi connectivity index (χ4n) is 4.04. The van der Waals surface area contributed by atoms with Crippen LogP contribution in [0.5, 0.6) is 0 Å². The van der Waals surface area contributed by atoms with E-state index < -0.39 is 5.97 Å². The van der Waals surface area contributed by atoms with Gasteiger partial charge in [0.05, 0.1) is 18.1 Å². The van der Waals surface area contributed by atoms with Gasteiger partial charge in [-0.3, -0.25) is 4.79 Å². The van der Waals surface area contributed by atoms with Gasteiger partial charge in [-0.2, -0.15) is 0 Å². The number of carbonyl (C=O) groups excluding carboxylic acids is 1. The lowest BCUT2D eigenvalue weighted by Gasteiger charge is -2.59. The minimum atomic E-state index is -0.977. The Morgan fingerprint density at radius 2 is 2.17 bits per heavy atom. The number of aromatic carboxylic acids is 1. The average molecular weight is 317 g/mol. The number of nitrogens with one attached hydrogen (secondary N) is 1. The summed E-state index contributed by atoms with van der Waals surface area (Å²) in [5, 5.41) is 12.2. The predicted octanol–water partition coefficient (Wildman–Crippen LogP) is 2.25. The summed E-state index contributed by atoms with van der Waals surface area (Å²) < 4.78 is 5.85. The number of fused-ring (bicyclic) bond motifs is 1. The van der Waals surface area contributed by atoms with Gasteiger partial charge in [-0.15, -0.1) is 0 Å². The molecular formula is C18H23NO4. The predicted molar refractivity (Wildman–Crippen MR) is 85.3 cm³/mol. The highest BCUT2D eigenvalue weighted by Crippen LogP contribution is 2.51. The first-order valence-electron chi connectivity index (χ1n) is 8.13. The number of carboxylic acid groups (broad SMARTS) is 1. The summed E-state index contributed by atoms with van der Waals surface area (Å²) in [5.74, 6) is -0.641. The molecule has 5 heteroatoms. The number of hydrogen-bond donors (Lipinski definition) is 2. The minimum Gasteiger partial charge on any atom is -0.478 e. The van der Waals surface area contributed by atoms with Crippen molar-refractivity contribution in [3.63, 3.8) is 0 Å². The van der Waals surface area contributed by atoms with E-state index >= 15 is 0 Å². The third-order valence-electron chi connectivity index (χ3n) is 5.19. The fourth-order valence-corrected chi connectivity index (χ4v) is 4.04. The summed E-state index contributed by atoms with van der Waals surface area (Å²) in [4.78, 5) is 23.4. The molecule has 1 aliphatic carbocycles. The van der Waals surface area contributed by atoms with Crippen LogP contribution in [-0.2, 0) is 16.0 Å². The molecule has 2 N–H and O–H groups in total. The first kappa shape index (κ1) is 16.0. The molecular weight excluding hydrogens is 294 g/mol. The van der Waals surface area contributed by atoms with Gasteiger partial charge in [0.15, 0.2) is 0 Å². The second-order valence-corrected chi connectivity index (χ2v) is 7.15. The van der Waals surface area contributed by atoms with Crippen LogP contribution in [0.15, 0.2) is 24.3 Å². The van der Waals surface area contributed by atoms with Crippen molar-refractivity contribution in [1.82, 2.24) is 5.32 Å². The Balaban J connectivity index is 1.63. The van der Waals surface area contributed by atoms with E-state index in [1.165, 1.54) is 6.07 Å². The maximum atomic E-state index is 12.4. The molecule has 1 aromatic carbocycles. The largest absolute Gasteiger partial charge is 0.478 e. The summed E-state index contributed by atoms with van der Waals surface area (Å²) in [6.07, 6.45) is 2.57. The van der Waals surface area contributed by atoms with Gasteiger partial charge in [0.1, 0.15) is 0 Å². The third kappa shape index (κ3) is 2.98. The van der Waals surface area contributed by atoms with Crippen molar-refractivity contribution in [2.24, 2.45) is 11.3 Å². The van der Waals surface area contributed by atoms with Crippen LogP contribution in [0.2, 0.25) is 0 Å². The van der Waals surface area contributed by atoms with Crippen LogP contribution in [0.4, 0.5) is 0 Å². The van der Waals surface area contributed by atoms with Gasteiger partial charge in [0, 0.05) is 24.0 Å². The number of hydrogen-bond acceptors (Lipinski definition) is 3. The van der Waals surface area contributed by atoms with E-state index in [2.05, 4.69) is 19.2 Å². The Morgan fingerprint density at radius 3 is 2.91 bits per heavy atom. The number of carbonyl (C=O) groups is 2. The molecule has 3 atom stereocenters. The van der Waals surface area contributed by atoms with Crippen molar-refractivity contribution in [1.29, 1.82) is 0 Å². The van der Waals surface area contributed by atoms with E-state index in [1.54, 1.807) is 18.2 Å². The van der Waals surface area contributed by atoms with Crippen LogP contribution >= 0.6 is 0 Å². The van der Waals surface area contributed by atoms with Gasteiger partial charge in [-0.1, -0.05) is 26.0 Å². The zero-order valence-electron chi connectivity index (χ0n) is 13.5. The zero-order chi connectivity index (χ0) is 16.6. The molecule has 3 unspecified atom stereocenters. The highest BCUT2D eigenvalue weighted by Gasteiger charge is 2.58. The molecule has 2 aliphatic rings. The molecule has 124 valence electrons. The van der Waals surface area contributed by atoms with E-state index in [9.17, 15) is 9.59 Å². The highest BCUT2D eigenvalue weighted by molar-refractivity contribution is 5.88. The number of rotatable bonds is 4. The van der Waals surface area contributed by atoms with Crippen molar-refractivity contribution in [2.45, 2.75) is 45.3 Å². The molecule has 0 aromatic heterocycles. The lowest BCUT2D eigenvalue weighted by Crippen LogP contribution is -2.70. The van der Waals surface area contributed by atoms with Crippen molar-refractivity contribution < 1.29 is 19.4 Å². The van der Waals surface area contributed by atoms with Crippen molar-refractivity contribution >= 4 is 11.9 Å². The standard InChI is InChI=1S/C18H23NO4/c1-18(2)15(13-7-4-8-23-16(13)18)19-14(20)10-11-5-3-6-12(9-11)17(21)22/h3,5-6,9,13,15-16H,4,7-8,10H2,1-2H3,(H,19,20)(H,21,22). The summed E-state index contributed by atoms with van der Waals surface area (Å²) >= 11 is 0. The molecule has 2 fully saturated rings. The topological polar surface area (TPSA) is 75.6 Å².